The lowest BCUT2D eigenvalue weighted by Crippen LogP contribution is -2.26. The minimum atomic E-state index is 0.688. The van der Waals surface area contributed by atoms with E-state index in [1.54, 1.807) is 0 Å². The molecule has 1 N–H and O–H groups in total. The van der Waals surface area contributed by atoms with E-state index in [-0.39, 0.29) is 0 Å². The molecule has 2 rings (SSSR count). The van der Waals surface area contributed by atoms with Crippen molar-refractivity contribution < 1.29 is 0 Å². The number of hydrogen-bond acceptors (Lipinski definition) is 2. The molecule has 0 aromatic heterocycles. The van der Waals surface area contributed by atoms with Gasteiger partial charge in [0.15, 0.2) is 0 Å². The highest BCUT2D eigenvalue weighted by Gasteiger charge is 2.23. The summed E-state index contributed by atoms with van der Waals surface area (Å²) < 4.78 is 0. The lowest BCUT2D eigenvalue weighted by molar-refractivity contribution is 0.525. The van der Waals surface area contributed by atoms with Gasteiger partial charge >= 0.3 is 0 Å². The van der Waals surface area contributed by atoms with Gasteiger partial charge in [-0.1, -0.05) is 23.7 Å². The molecule has 1 aromatic rings. The summed E-state index contributed by atoms with van der Waals surface area (Å²) in [6.45, 7) is 2.98. The molecule has 0 heterocycles. The Hall–Kier alpha value is -0.180. The van der Waals surface area contributed by atoms with Gasteiger partial charge in [-0.05, 0) is 49.6 Å². The van der Waals surface area contributed by atoms with E-state index in [0.29, 0.717) is 6.04 Å². The van der Waals surface area contributed by atoms with Crippen LogP contribution in [0.4, 0.5) is 0 Å². The molecule has 3 heteroatoms. The molecule has 1 aliphatic rings. The highest BCUT2D eigenvalue weighted by Crippen LogP contribution is 2.28. The van der Waals surface area contributed by atoms with E-state index in [1.165, 1.54) is 24.8 Å². The van der Waals surface area contributed by atoms with E-state index in [9.17, 15) is 0 Å². The van der Waals surface area contributed by atoms with Gasteiger partial charge in [-0.3, -0.25) is 0 Å². The van der Waals surface area contributed by atoms with Crippen LogP contribution in [0.1, 0.15) is 30.4 Å². The normalized spacial score (nSPS) is 24.2. The largest absolute Gasteiger partial charge is 0.310 e. The van der Waals surface area contributed by atoms with Crippen LogP contribution in [0, 0.1) is 6.92 Å². The van der Waals surface area contributed by atoms with E-state index in [0.717, 1.165) is 22.4 Å². The summed E-state index contributed by atoms with van der Waals surface area (Å²) in [6.07, 6.45) is 6.19. The number of nitrogens with one attached hydrogen (secondary N) is 1. The van der Waals surface area contributed by atoms with Crippen molar-refractivity contribution in [3.05, 3.63) is 34.3 Å². The fourth-order valence-corrected chi connectivity index (χ4v) is 3.35. The van der Waals surface area contributed by atoms with E-state index in [4.69, 9.17) is 11.6 Å². The van der Waals surface area contributed by atoms with Crippen LogP contribution in [-0.2, 0) is 6.54 Å². The molecule has 17 heavy (non-hydrogen) atoms. The predicted octanol–water partition coefficient (Wildman–Crippen LogP) is 4.02. The van der Waals surface area contributed by atoms with Gasteiger partial charge in [-0.2, -0.15) is 11.8 Å². The highest BCUT2D eigenvalue weighted by molar-refractivity contribution is 7.99. The van der Waals surface area contributed by atoms with Crippen molar-refractivity contribution in [3.8, 4) is 0 Å². The fourth-order valence-electron chi connectivity index (χ4n) is 2.35. The zero-order valence-electron chi connectivity index (χ0n) is 10.5. The minimum Gasteiger partial charge on any atom is -0.310 e. The Bertz CT molecular complexity index is 380. The van der Waals surface area contributed by atoms with Crippen LogP contribution in [-0.4, -0.2) is 17.5 Å². The fraction of sp³-hybridized carbons (Fsp3) is 0.571. The molecule has 94 valence electrons. The second-order valence-electron chi connectivity index (χ2n) is 4.83. The molecule has 0 bridgehead atoms. The van der Waals surface area contributed by atoms with Crippen LogP contribution in [0.5, 0.6) is 0 Å². The van der Waals surface area contributed by atoms with Gasteiger partial charge in [-0.15, -0.1) is 0 Å². The number of benzene rings is 1. The Labute approximate surface area is 113 Å². The van der Waals surface area contributed by atoms with Gasteiger partial charge in [0.05, 0.1) is 0 Å². The maximum absolute atomic E-state index is 6.12. The summed E-state index contributed by atoms with van der Waals surface area (Å²) in [5, 5.41) is 5.37. The molecule has 1 aliphatic carbocycles. The van der Waals surface area contributed by atoms with Crippen molar-refractivity contribution in [2.45, 2.75) is 44.0 Å². The molecule has 0 radical (unpaired) electrons. The van der Waals surface area contributed by atoms with Crippen molar-refractivity contribution in [1.82, 2.24) is 5.32 Å². The first-order valence-corrected chi connectivity index (χ1v) is 7.87. The van der Waals surface area contributed by atoms with Crippen molar-refractivity contribution in [1.29, 1.82) is 0 Å². The standard InChI is InChI=1S/C14H20ClNS/c1-10-3-4-11(7-14(10)15)9-16-12-5-6-13(8-12)17-2/h3-4,7,12-13,16H,5-6,8-9H2,1-2H3. The molecule has 2 atom stereocenters. The zero-order chi connectivity index (χ0) is 12.3. The number of rotatable bonds is 4. The Kier molecular flexibility index (Phi) is 4.78. The molecular formula is C14H20ClNS. The number of hydrogen-bond donors (Lipinski definition) is 1. The Morgan fingerprint density at radius 3 is 2.88 bits per heavy atom. The maximum Gasteiger partial charge on any atom is 0.0438 e. The number of halogens is 1. The molecule has 2 unspecified atom stereocenters. The molecule has 1 saturated carbocycles. The molecule has 0 amide bonds. The average Bonchev–Trinajstić information content (AvgIpc) is 2.79. The molecule has 0 aliphatic heterocycles. The smallest absolute Gasteiger partial charge is 0.0438 e. The topological polar surface area (TPSA) is 12.0 Å². The second kappa shape index (κ2) is 6.12. The molecule has 0 saturated heterocycles. The van der Waals surface area contributed by atoms with E-state index >= 15 is 0 Å². The van der Waals surface area contributed by atoms with Crippen LogP contribution < -0.4 is 5.32 Å². The third-order valence-electron chi connectivity index (χ3n) is 3.55. The lowest BCUT2D eigenvalue weighted by Gasteiger charge is -2.13. The first-order valence-electron chi connectivity index (χ1n) is 6.20. The molecule has 0 spiro atoms. The van der Waals surface area contributed by atoms with Crippen LogP contribution in [0.25, 0.3) is 0 Å². The third-order valence-corrected chi connectivity index (χ3v) is 5.05. The van der Waals surface area contributed by atoms with Crippen molar-refractivity contribution in [2.75, 3.05) is 6.26 Å². The Morgan fingerprint density at radius 1 is 1.41 bits per heavy atom. The average molecular weight is 270 g/mol. The van der Waals surface area contributed by atoms with Gasteiger partial charge in [0.1, 0.15) is 0 Å². The monoisotopic (exact) mass is 269 g/mol. The summed E-state index contributed by atoms with van der Waals surface area (Å²) in [5.74, 6) is 0. The molecule has 1 aromatic carbocycles. The maximum atomic E-state index is 6.12. The minimum absolute atomic E-state index is 0.688. The van der Waals surface area contributed by atoms with E-state index in [1.807, 2.05) is 18.7 Å². The summed E-state index contributed by atoms with van der Waals surface area (Å²) >= 11 is 8.12. The highest BCUT2D eigenvalue weighted by atomic mass is 35.5. The summed E-state index contributed by atoms with van der Waals surface area (Å²) in [5.41, 5.74) is 2.44. The number of thioether (sulfide) groups is 1. The quantitative estimate of drug-likeness (QED) is 0.886. The van der Waals surface area contributed by atoms with Crippen molar-refractivity contribution in [3.63, 3.8) is 0 Å². The van der Waals surface area contributed by atoms with Gasteiger partial charge in [-0.25, -0.2) is 0 Å². The lowest BCUT2D eigenvalue weighted by atomic mass is 10.1. The molecular weight excluding hydrogens is 250 g/mol. The Morgan fingerprint density at radius 2 is 2.24 bits per heavy atom. The van der Waals surface area contributed by atoms with Gasteiger partial charge < -0.3 is 5.32 Å². The first-order chi connectivity index (χ1) is 8.19. The van der Waals surface area contributed by atoms with Crippen LogP contribution >= 0.6 is 23.4 Å². The summed E-state index contributed by atoms with van der Waals surface area (Å²) in [6, 6.07) is 7.02. The molecule has 1 fully saturated rings. The molecule has 1 nitrogen and oxygen atoms in total. The Balaban J connectivity index is 1.84. The zero-order valence-corrected chi connectivity index (χ0v) is 12.1. The van der Waals surface area contributed by atoms with Crippen LogP contribution in [0.15, 0.2) is 18.2 Å². The van der Waals surface area contributed by atoms with Gasteiger partial charge in [0.25, 0.3) is 0 Å². The number of aryl methyl sites for hydroxylation is 1. The van der Waals surface area contributed by atoms with E-state index in [2.05, 4.69) is 29.8 Å². The predicted molar refractivity (Wildman–Crippen MR) is 78.0 cm³/mol. The van der Waals surface area contributed by atoms with Crippen molar-refractivity contribution >= 4 is 23.4 Å². The first kappa shape index (κ1) is 13.3. The summed E-state index contributed by atoms with van der Waals surface area (Å²) in [4.78, 5) is 0. The van der Waals surface area contributed by atoms with Crippen LogP contribution in [0.3, 0.4) is 0 Å². The summed E-state index contributed by atoms with van der Waals surface area (Å²) in [7, 11) is 0. The van der Waals surface area contributed by atoms with E-state index < -0.39 is 0 Å². The SMILES string of the molecule is CSC1CCC(NCc2ccc(C)c(Cl)c2)C1. The van der Waals surface area contributed by atoms with Crippen LogP contribution in [0.2, 0.25) is 5.02 Å². The third kappa shape index (κ3) is 3.64. The van der Waals surface area contributed by atoms with Gasteiger partial charge in [0, 0.05) is 22.9 Å². The van der Waals surface area contributed by atoms with Crippen molar-refractivity contribution in [2.24, 2.45) is 0 Å². The van der Waals surface area contributed by atoms with Gasteiger partial charge in [0.2, 0.25) is 0 Å². The second-order valence-corrected chi connectivity index (χ2v) is 6.38.